The van der Waals surface area contributed by atoms with Gasteiger partial charge in [-0.05, 0) is 0 Å². The number of nitrogens with one attached hydrogen (secondary N) is 2. The van der Waals surface area contributed by atoms with Crippen molar-refractivity contribution < 1.29 is 12.4 Å². The summed E-state index contributed by atoms with van der Waals surface area (Å²) in [5, 5.41) is 0. The van der Waals surface area contributed by atoms with Crippen LogP contribution in [-0.4, -0.2) is 0 Å². The van der Waals surface area contributed by atoms with Gasteiger partial charge >= 0.3 is 40.0 Å². The third kappa shape index (κ3) is 58.5. The van der Waals surface area contributed by atoms with E-state index in [2.05, 4.69) is 0 Å². The van der Waals surface area contributed by atoms with Crippen molar-refractivity contribution in [3.8, 4) is 0 Å². The maximum atomic E-state index is 6.31. The molecule has 0 aliphatic heterocycles. The van der Waals surface area contributed by atoms with E-state index >= 15 is 0 Å². The van der Waals surface area contributed by atoms with Gasteiger partial charge in [0.25, 0.3) is 0 Å². The molecule has 0 aliphatic carbocycles. The van der Waals surface area contributed by atoms with Crippen LogP contribution in [0.5, 0.6) is 0 Å². The standard InChI is InChI=1S/2ClH.2HN.Ru/h4*1H;/q;;;;+2/p-2. The van der Waals surface area contributed by atoms with Gasteiger partial charge in [-0.1, -0.05) is 0 Å². The zero-order valence-corrected chi connectivity index (χ0v) is 5.36. The molecule has 5 heteroatoms. The summed E-state index contributed by atoms with van der Waals surface area (Å²) < 4.78 is 12.6. The number of halogens is 2. The summed E-state index contributed by atoms with van der Waals surface area (Å²) in [5.41, 5.74) is 0. The van der Waals surface area contributed by atoms with Crippen molar-refractivity contribution in [1.82, 2.24) is 0 Å². The number of hydrogen-bond acceptors (Lipinski definition) is 2. The molecule has 0 fully saturated rings. The Morgan fingerprint density at radius 2 is 1.20 bits per heavy atom. The van der Waals surface area contributed by atoms with E-state index < -0.39 is 12.4 Å². The van der Waals surface area contributed by atoms with Gasteiger partial charge in [0.2, 0.25) is 0 Å². The molecule has 0 heterocycles. The van der Waals surface area contributed by atoms with Gasteiger partial charge in [-0.25, -0.2) is 0 Å². The van der Waals surface area contributed by atoms with Crippen molar-refractivity contribution in [2.75, 3.05) is 0 Å². The van der Waals surface area contributed by atoms with Crippen LogP contribution in [-0.2, 0) is 12.4 Å². The minimum absolute atomic E-state index is 3.42. The molecular formula is H2Cl2N2Ru. The molecule has 2 N–H and O–H groups in total. The molecule has 0 unspecified atom stereocenters. The first-order chi connectivity index (χ1) is 2.00. The normalized spacial score (nSPS) is 14.8. The molecule has 0 spiro atoms. The van der Waals surface area contributed by atoms with E-state index in [1.54, 1.807) is 0 Å². The Hall–Kier alpha value is 0.803. The summed E-state index contributed by atoms with van der Waals surface area (Å²) in [5.74, 6) is 0. The molecule has 0 aromatic rings. The molecule has 0 aliphatic rings. The van der Waals surface area contributed by atoms with Crippen LogP contribution in [0, 0.1) is 8.20 Å². The molecule has 0 atom stereocenters. The summed E-state index contributed by atoms with van der Waals surface area (Å²) in [4.78, 5) is 0. The Morgan fingerprint density at radius 1 is 1.20 bits per heavy atom. The van der Waals surface area contributed by atoms with Crippen LogP contribution in [0.2, 0.25) is 0 Å². The molecule has 0 saturated heterocycles. The zero-order valence-electron chi connectivity index (χ0n) is 2.11. The fraction of sp³-hybridized carbons (Fsp3) is 0. The second-order valence-corrected chi connectivity index (χ2v) is 7.96. The molecule has 0 amide bonds. The van der Waals surface area contributed by atoms with Gasteiger partial charge in [0, 0.05) is 0 Å². The van der Waals surface area contributed by atoms with Gasteiger partial charge in [0.15, 0.2) is 0 Å². The van der Waals surface area contributed by atoms with Crippen molar-refractivity contribution in [1.29, 1.82) is 8.20 Å². The van der Waals surface area contributed by atoms with E-state index in [9.17, 15) is 0 Å². The topological polar surface area (TPSA) is 47.7 Å². The summed E-state index contributed by atoms with van der Waals surface area (Å²) in [7, 11) is 9.60. The second-order valence-electron chi connectivity index (χ2n) is 0.406. The van der Waals surface area contributed by atoms with E-state index in [1.165, 1.54) is 0 Å². The maximum absolute atomic E-state index is 6.31. The van der Waals surface area contributed by atoms with Crippen LogP contribution in [0.15, 0.2) is 0 Å². The van der Waals surface area contributed by atoms with Gasteiger partial charge in [0.05, 0.1) is 0 Å². The molecule has 0 rings (SSSR count). The monoisotopic (exact) mass is 202 g/mol. The van der Waals surface area contributed by atoms with Crippen LogP contribution >= 0.6 is 19.4 Å². The third-order valence-electron chi connectivity index (χ3n) is 0. The van der Waals surface area contributed by atoms with Gasteiger partial charge in [-0.2, -0.15) is 0 Å². The van der Waals surface area contributed by atoms with Crippen LogP contribution < -0.4 is 0 Å². The fourth-order valence-electron chi connectivity index (χ4n) is 0. The van der Waals surface area contributed by atoms with E-state index in [4.69, 9.17) is 27.6 Å². The molecule has 0 aromatic carbocycles. The Labute approximate surface area is 40.2 Å². The molecule has 0 radical (unpaired) electrons. The van der Waals surface area contributed by atoms with Crippen molar-refractivity contribution in [3.63, 3.8) is 0 Å². The van der Waals surface area contributed by atoms with Crippen molar-refractivity contribution in [3.05, 3.63) is 0 Å². The van der Waals surface area contributed by atoms with Gasteiger partial charge in [0.1, 0.15) is 0 Å². The molecule has 34 valence electrons. The molecule has 0 bridgehead atoms. The quantitative estimate of drug-likeness (QED) is 0.564. The van der Waals surface area contributed by atoms with Crippen molar-refractivity contribution in [2.45, 2.75) is 0 Å². The predicted octanol–water partition coefficient (Wildman–Crippen LogP) is 1.97. The first-order valence-corrected chi connectivity index (χ1v) is 6.84. The van der Waals surface area contributed by atoms with Crippen LogP contribution in [0.1, 0.15) is 0 Å². The second kappa shape index (κ2) is 1.50. The van der Waals surface area contributed by atoms with E-state index in [1.807, 2.05) is 0 Å². The van der Waals surface area contributed by atoms with Gasteiger partial charge in [-0.3, -0.25) is 0 Å². The van der Waals surface area contributed by atoms with Crippen molar-refractivity contribution in [2.24, 2.45) is 0 Å². The zero-order chi connectivity index (χ0) is 4.50. The average Bonchev–Trinajstić information content (AvgIpc) is 0.722. The number of rotatable bonds is 0. The van der Waals surface area contributed by atoms with Gasteiger partial charge < -0.3 is 0 Å². The predicted molar refractivity (Wildman–Crippen MR) is 17.1 cm³/mol. The Morgan fingerprint density at radius 3 is 1.20 bits per heavy atom. The molecular weight excluding hydrogens is 200 g/mol. The molecule has 5 heavy (non-hydrogen) atoms. The summed E-state index contributed by atoms with van der Waals surface area (Å²) >= 11 is -3.42. The Balaban J connectivity index is 4.06. The molecule has 0 saturated carbocycles. The van der Waals surface area contributed by atoms with Crippen LogP contribution in [0.4, 0.5) is 0 Å². The molecule has 0 aromatic heterocycles. The summed E-state index contributed by atoms with van der Waals surface area (Å²) in [6, 6.07) is 0. The van der Waals surface area contributed by atoms with E-state index in [0.29, 0.717) is 0 Å². The van der Waals surface area contributed by atoms with E-state index in [-0.39, 0.29) is 0 Å². The Kier molecular flexibility index (Phi) is 1.74. The Bertz CT molecular complexity index is 90.8. The minimum atomic E-state index is -3.42. The fourth-order valence-corrected chi connectivity index (χ4v) is 0. The van der Waals surface area contributed by atoms with Crippen LogP contribution in [0.25, 0.3) is 0 Å². The SMILES string of the molecule is [NH]=[Ru](=[NH])([Cl])[Cl]. The molecule has 2 nitrogen and oxygen atoms in total. The summed E-state index contributed by atoms with van der Waals surface area (Å²) in [6.45, 7) is 0. The third-order valence-corrected chi connectivity index (χ3v) is 0. The first-order valence-electron chi connectivity index (χ1n) is 0.621. The first kappa shape index (κ1) is 5.80. The number of hydrogen-bond donors (Lipinski definition) is 2. The van der Waals surface area contributed by atoms with E-state index in [0.717, 1.165) is 0 Å². The summed E-state index contributed by atoms with van der Waals surface area (Å²) in [6.07, 6.45) is 0. The van der Waals surface area contributed by atoms with Gasteiger partial charge in [-0.15, -0.1) is 0 Å². The average molecular weight is 202 g/mol. The van der Waals surface area contributed by atoms with Crippen LogP contribution in [0.3, 0.4) is 0 Å². The van der Waals surface area contributed by atoms with Crippen molar-refractivity contribution >= 4 is 19.4 Å².